The highest BCUT2D eigenvalue weighted by Gasteiger charge is 2.30. The van der Waals surface area contributed by atoms with Gasteiger partial charge in [0.05, 0.1) is 12.5 Å². The molecule has 1 saturated heterocycles. The Morgan fingerprint density at radius 2 is 2.23 bits per heavy atom. The summed E-state index contributed by atoms with van der Waals surface area (Å²) in [5.74, 6) is 1.05. The zero-order valence-electron chi connectivity index (χ0n) is 15.4. The molecule has 0 bridgehead atoms. The van der Waals surface area contributed by atoms with Crippen LogP contribution in [0, 0.1) is 6.92 Å². The maximum absolute atomic E-state index is 12.7. The normalized spacial score (nSPS) is 17.3. The standard InChI is InChI=1S/C17H24N6O3/c1-12-19-16(20-26-12)6-8-23(13(2)24)14-5-4-7-22(10-14)17(25)15-9-18-11-21(15)3/h9,11,14H,4-8,10H2,1-3H3. The average Bonchev–Trinajstić information content (AvgIpc) is 3.22. The zero-order chi connectivity index (χ0) is 18.7. The lowest BCUT2D eigenvalue weighted by Gasteiger charge is -2.39. The molecule has 26 heavy (non-hydrogen) atoms. The molecule has 1 aliphatic rings. The van der Waals surface area contributed by atoms with Crippen molar-refractivity contribution >= 4 is 11.8 Å². The lowest BCUT2D eigenvalue weighted by Crippen LogP contribution is -2.52. The van der Waals surface area contributed by atoms with Gasteiger partial charge in [0, 0.05) is 53.0 Å². The van der Waals surface area contributed by atoms with E-state index in [4.69, 9.17) is 4.52 Å². The molecule has 9 heteroatoms. The van der Waals surface area contributed by atoms with Crippen molar-refractivity contribution in [3.63, 3.8) is 0 Å². The van der Waals surface area contributed by atoms with E-state index < -0.39 is 0 Å². The van der Waals surface area contributed by atoms with Crippen LogP contribution in [0.1, 0.15) is 42.0 Å². The Bertz CT molecular complexity index is 783. The van der Waals surface area contributed by atoms with Gasteiger partial charge in [-0.05, 0) is 12.8 Å². The summed E-state index contributed by atoms with van der Waals surface area (Å²) in [7, 11) is 1.80. The van der Waals surface area contributed by atoms with Gasteiger partial charge in [-0.2, -0.15) is 4.98 Å². The van der Waals surface area contributed by atoms with Gasteiger partial charge >= 0.3 is 0 Å². The third-order valence-electron chi connectivity index (χ3n) is 4.71. The van der Waals surface area contributed by atoms with E-state index in [1.54, 1.807) is 42.9 Å². The molecule has 0 spiro atoms. The SMILES string of the molecule is CC(=O)N(CCc1noc(C)n1)C1CCCN(C(=O)c2cncn2C)C1. The number of hydrogen-bond acceptors (Lipinski definition) is 6. The van der Waals surface area contributed by atoms with Crippen molar-refractivity contribution in [2.24, 2.45) is 7.05 Å². The summed E-state index contributed by atoms with van der Waals surface area (Å²) in [4.78, 5) is 36.7. The number of aryl methyl sites for hydroxylation is 2. The Morgan fingerprint density at radius 3 is 2.85 bits per heavy atom. The maximum Gasteiger partial charge on any atom is 0.272 e. The molecule has 2 aromatic rings. The van der Waals surface area contributed by atoms with Gasteiger partial charge in [-0.15, -0.1) is 0 Å². The van der Waals surface area contributed by atoms with Gasteiger partial charge in [-0.25, -0.2) is 4.98 Å². The van der Waals surface area contributed by atoms with E-state index >= 15 is 0 Å². The fraction of sp³-hybridized carbons (Fsp3) is 0.588. The molecule has 2 aromatic heterocycles. The number of likely N-dealkylation sites (tertiary alicyclic amines) is 1. The van der Waals surface area contributed by atoms with Crippen LogP contribution >= 0.6 is 0 Å². The van der Waals surface area contributed by atoms with E-state index in [0.717, 1.165) is 12.8 Å². The van der Waals surface area contributed by atoms with Crippen LogP contribution in [0.5, 0.6) is 0 Å². The number of carbonyl (C=O) groups is 2. The summed E-state index contributed by atoms with van der Waals surface area (Å²) in [5.41, 5.74) is 0.558. The summed E-state index contributed by atoms with van der Waals surface area (Å²) in [6.07, 6.45) is 5.46. The Morgan fingerprint density at radius 1 is 1.42 bits per heavy atom. The molecule has 1 unspecified atom stereocenters. The fourth-order valence-corrected chi connectivity index (χ4v) is 3.38. The highest BCUT2D eigenvalue weighted by molar-refractivity contribution is 5.92. The smallest absolute Gasteiger partial charge is 0.272 e. The van der Waals surface area contributed by atoms with E-state index in [0.29, 0.717) is 43.5 Å². The van der Waals surface area contributed by atoms with Crippen LogP contribution in [0.3, 0.4) is 0 Å². The Labute approximate surface area is 152 Å². The first-order valence-corrected chi connectivity index (χ1v) is 8.77. The van der Waals surface area contributed by atoms with Gasteiger partial charge in [-0.1, -0.05) is 5.16 Å². The van der Waals surface area contributed by atoms with E-state index in [1.807, 2.05) is 4.90 Å². The van der Waals surface area contributed by atoms with Crippen molar-refractivity contribution in [1.82, 2.24) is 29.5 Å². The summed E-state index contributed by atoms with van der Waals surface area (Å²) < 4.78 is 6.69. The van der Waals surface area contributed by atoms with Crippen LogP contribution in [-0.4, -0.2) is 67.0 Å². The highest BCUT2D eigenvalue weighted by Crippen LogP contribution is 2.19. The second kappa shape index (κ2) is 7.67. The first kappa shape index (κ1) is 18.1. The summed E-state index contributed by atoms with van der Waals surface area (Å²) in [6.45, 7) is 5.02. The van der Waals surface area contributed by atoms with Crippen LogP contribution < -0.4 is 0 Å². The number of imidazole rings is 1. The number of aromatic nitrogens is 4. The lowest BCUT2D eigenvalue weighted by molar-refractivity contribution is -0.132. The monoisotopic (exact) mass is 360 g/mol. The predicted molar refractivity (Wildman–Crippen MR) is 92.3 cm³/mol. The highest BCUT2D eigenvalue weighted by atomic mass is 16.5. The maximum atomic E-state index is 12.7. The van der Waals surface area contributed by atoms with Gasteiger partial charge in [-0.3, -0.25) is 9.59 Å². The Kier molecular flexibility index (Phi) is 5.34. The molecule has 0 aliphatic carbocycles. The number of hydrogen-bond donors (Lipinski definition) is 0. The minimum Gasteiger partial charge on any atom is -0.340 e. The molecule has 1 aliphatic heterocycles. The minimum atomic E-state index is -0.0491. The number of piperidine rings is 1. The van der Waals surface area contributed by atoms with Crippen molar-refractivity contribution in [1.29, 1.82) is 0 Å². The molecule has 2 amide bonds. The van der Waals surface area contributed by atoms with Crippen LogP contribution in [0.15, 0.2) is 17.0 Å². The van der Waals surface area contributed by atoms with Crippen molar-refractivity contribution < 1.29 is 14.1 Å². The Hall–Kier alpha value is -2.71. The van der Waals surface area contributed by atoms with Crippen molar-refractivity contribution in [2.45, 2.75) is 39.2 Å². The van der Waals surface area contributed by atoms with Crippen LogP contribution in [0.4, 0.5) is 0 Å². The first-order valence-electron chi connectivity index (χ1n) is 8.77. The van der Waals surface area contributed by atoms with Crippen LogP contribution in [0.25, 0.3) is 0 Å². The topological polar surface area (TPSA) is 97.4 Å². The number of nitrogens with zero attached hydrogens (tertiary/aromatic N) is 6. The largest absolute Gasteiger partial charge is 0.340 e. The second-order valence-corrected chi connectivity index (χ2v) is 6.63. The molecule has 0 radical (unpaired) electrons. The molecule has 3 heterocycles. The third-order valence-corrected chi connectivity index (χ3v) is 4.71. The fourth-order valence-electron chi connectivity index (χ4n) is 3.38. The molecule has 140 valence electrons. The predicted octanol–water partition coefficient (Wildman–Crippen LogP) is 0.807. The molecule has 9 nitrogen and oxygen atoms in total. The zero-order valence-corrected chi connectivity index (χ0v) is 15.4. The average molecular weight is 360 g/mol. The molecule has 0 saturated carbocycles. The van der Waals surface area contributed by atoms with E-state index in [1.165, 1.54) is 0 Å². The van der Waals surface area contributed by atoms with E-state index in [9.17, 15) is 9.59 Å². The quantitative estimate of drug-likeness (QED) is 0.783. The molecule has 0 N–H and O–H groups in total. The number of amides is 2. The van der Waals surface area contributed by atoms with Gasteiger partial charge in [0.25, 0.3) is 5.91 Å². The molecule has 0 aromatic carbocycles. The summed E-state index contributed by atoms with van der Waals surface area (Å²) >= 11 is 0. The molecule has 1 fully saturated rings. The van der Waals surface area contributed by atoms with Crippen molar-refractivity contribution in [3.05, 3.63) is 29.9 Å². The summed E-state index contributed by atoms with van der Waals surface area (Å²) in [6, 6.07) is -0.00794. The van der Waals surface area contributed by atoms with Gasteiger partial charge < -0.3 is 18.9 Å². The van der Waals surface area contributed by atoms with Crippen molar-refractivity contribution in [3.8, 4) is 0 Å². The Balaban J connectivity index is 1.66. The molecular formula is C17H24N6O3. The molecular weight excluding hydrogens is 336 g/mol. The van der Waals surface area contributed by atoms with Gasteiger partial charge in [0.15, 0.2) is 5.82 Å². The molecule has 1 atom stereocenters. The summed E-state index contributed by atoms with van der Waals surface area (Å²) in [5, 5.41) is 3.88. The molecule has 3 rings (SSSR count). The van der Waals surface area contributed by atoms with Gasteiger partial charge in [0.2, 0.25) is 11.8 Å². The van der Waals surface area contributed by atoms with Crippen LogP contribution in [-0.2, 0) is 18.3 Å². The number of rotatable bonds is 5. The first-order chi connectivity index (χ1) is 12.5. The minimum absolute atomic E-state index is 0.00794. The van der Waals surface area contributed by atoms with E-state index in [-0.39, 0.29) is 17.9 Å². The van der Waals surface area contributed by atoms with Gasteiger partial charge in [0.1, 0.15) is 5.69 Å². The third kappa shape index (κ3) is 3.92. The second-order valence-electron chi connectivity index (χ2n) is 6.63. The lowest BCUT2D eigenvalue weighted by atomic mass is 10.0. The number of carbonyl (C=O) groups excluding carboxylic acids is 2. The van der Waals surface area contributed by atoms with Crippen LogP contribution in [0.2, 0.25) is 0 Å². The van der Waals surface area contributed by atoms with Crippen molar-refractivity contribution in [2.75, 3.05) is 19.6 Å². The van der Waals surface area contributed by atoms with E-state index in [2.05, 4.69) is 15.1 Å².